The van der Waals surface area contributed by atoms with Crippen molar-refractivity contribution in [2.45, 2.75) is 32.4 Å². The maximum atomic E-state index is 13.4. The van der Waals surface area contributed by atoms with Gasteiger partial charge in [-0.05, 0) is 30.0 Å². The second-order valence-corrected chi connectivity index (χ2v) is 7.84. The van der Waals surface area contributed by atoms with Crippen LogP contribution in [0, 0.1) is 0 Å². The maximum absolute atomic E-state index is 13.4. The number of rotatable bonds is 5. The fourth-order valence-electron chi connectivity index (χ4n) is 4.27. The molecule has 1 aromatic carbocycles. The van der Waals surface area contributed by atoms with Crippen molar-refractivity contribution in [2.24, 2.45) is 0 Å². The van der Waals surface area contributed by atoms with E-state index in [-0.39, 0.29) is 17.9 Å². The third-order valence-corrected chi connectivity index (χ3v) is 5.99. The zero-order valence-corrected chi connectivity index (χ0v) is 17.6. The van der Waals surface area contributed by atoms with E-state index in [1.807, 2.05) is 30.0 Å². The molecule has 1 aliphatic rings. The van der Waals surface area contributed by atoms with Crippen molar-refractivity contribution in [3.05, 3.63) is 77.1 Å². The quantitative estimate of drug-likeness (QED) is 0.449. The Kier molecular flexibility index (Phi) is 5.14. The number of amides is 2. The molecule has 0 aliphatic carbocycles. The van der Waals surface area contributed by atoms with Crippen LogP contribution in [-0.4, -0.2) is 54.5 Å². The van der Waals surface area contributed by atoms with Gasteiger partial charge in [0.15, 0.2) is 5.65 Å². The second-order valence-electron chi connectivity index (χ2n) is 7.84. The molecule has 3 N–H and O–H groups in total. The summed E-state index contributed by atoms with van der Waals surface area (Å²) in [6.45, 7) is 2.79. The van der Waals surface area contributed by atoms with E-state index >= 15 is 0 Å². The highest BCUT2D eigenvalue weighted by atomic mass is 16.2. The smallest absolute Gasteiger partial charge is 0.274 e. The summed E-state index contributed by atoms with van der Waals surface area (Å²) in [7, 11) is 0. The number of nitrogens with one attached hydrogen (secondary N) is 3. The highest BCUT2D eigenvalue weighted by Gasteiger charge is 2.32. The van der Waals surface area contributed by atoms with Gasteiger partial charge in [-0.1, -0.05) is 31.2 Å². The van der Waals surface area contributed by atoms with Gasteiger partial charge >= 0.3 is 0 Å². The van der Waals surface area contributed by atoms with Crippen LogP contribution in [0.15, 0.2) is 49.1 Å². The highest BCUT2D eigenvalue weighted by Crippen LogP contribution is 2.25. The lowest BCUT2D eigenvalue weighted by Gasteiger charge is -2.37. The predicted molar refractivity (Wildman–Crippen MR) is 118 cm³/mol. The zero-order valence-electron chi connectivity index (χ0n) is 17.6. The minimum atomic E-state index is -0.223. The Morgan fingerprint density at radius 1 is 1.19 bits per heavy atom. The summed E-state index contributed by atoms with van der Waals surface area (Å²) in [5.41, 5.74) is 4.62. The number of nitrogens with zero attached hydrogens (tertiary/aromatic N) is 4. The molecule has 4 aromatic rings. The van der Waals surface area contributed by atoms with E-state index in [0.29, 0.717) is 48.2 Å². The van der Waals surface area contributed by atoms with Gasteiger partial charge in [0.2, 0.25) is 0 Å². The Labute approximate surface area is 184 Å². The summed E-state index contributed by atoms with van der Waals surface area (Å²) < 4.78 is 0. The zero-order chi connectivity index (χ0) is 22.1. The molecule has 2 amide bonds. The van der Waals surface area contributed by atoms with Crippen molar-refractivity contribution in [3.8, 4) is 0 Å². The topological polar surface area (TPSA) is 120 Å². The monoisotopic (exact) mass is 429 g/mol. The number of benzene rings is 1. The molecule has 5 rings (SSSR count). The summed E-state index contributed by atoms with van der Waals surface area (Å²) in [5.74, 6) is -0.350. The van der Waals surface area contributed by atoms with Gasteiger partial charge in [0.25, 0.3) is 11.8 Å². The molecule has 32 heavy (non-hydrogen) atoms. The maximum Gasteiger partial charge on any atom is 0.274 e. The minimum Gasteiger partial charge on any atom is -0.350 e. The Morgan fingerprint density at radius 2 is 2.03 bits per heavy atom. The number of H-pyrrole nitrogens is 2. The van der Waals surface area contributed by atoms with E-state index in [0.717, 1.165) is 11.3 Å². The first-order valence-electron chi connectivity index (χ1n) is 10.6. The van der Waals surface area contributed by atoms with Crippen molar-refractivity contribution in [1.29, 1.82) is 0 Å². The lowest BCUT2D eigenvalue weighted by atomic mass is 9.93. The van der Waals surface area contributed by atoms with Crippen LogP contribution in [0.25, 0.3) is 11.0 Å². The number of imidazole rings is 1. The van der Waals surface area contributed by atoms with E-state index in [1.54, 1.807) is 24.8 Å². The van der Waals surface area contributed by atoms with Gasteiger partial charge in [-0.25, -0.2) is 9.97 Å². The van der Waals surface area contributed by atoms with Crippen LogP contribution in [0.4, 0.5) is 0 Å². The predicted octanol–water partition coefficient (Wildman–Crippen LogP) is 2.24. The van der Waals surface area contributed by atoms with Gasteiger partial charge in [0.05, 0.1) is 29.5 Å². The Balaban J connectivity index is 1.40. The van der Waals surface area contributed by atoms with Gasteiger partial charge in [0, 0.05) is 25.0 Å². The fraction of sp³-hybridized carbons (Fsp3) is 0.261. The number of hydrogen-bond acceptors (Lipinski definition) is 5. The van der Waals surface area contributed by atoms with Crippen LogP contribution in [0.5, 0.6) is 0 Å². The van der Waals surface area contributed by atoms with E-state index < -0.39 is 0 Å². The fourth-order valence-corrected chi connectivity index (χ4v) is 4.27. The van der Waals surface area contributed by atoms with E-state index in [2.05, 4.69) is 36.5 Å². The number of fused-ring (bicyclic) bond motifs is 2. The lowest BCUT2D eigenvalue weighted by Crippen LogP contribution is -2.50. The number of carbonyl (C=O) groups excluding carboxylic acids is 2. The summed E-state index contributed by atoms with van der Waals surface area (Å²) >= 11 is 0. The van der Waals surface area contributed by atoms with Crippen LogP contribution < -0.4 is 5.32 Å². The third-order valence-electron chi connectivity index (χ3n) is 5.99. The van der Waals surface area contributed by atoms with Gasteiger partial charge in [-0.3, -0.25) is 14.7 Å². The van der Waals surface area contributed by atoms with Gasteiger partial charge in [0.1, 0.15) is 5.69 Å². The molecule has 1 unspecified atom stereocenters. The van der Waals surface area contributed by atoms with E-state index in [1.165, 1.54) is 5.56 Å². The average molecular weight is 429 g/mol. The molecule has 1 aliphatic heterocycles. The Hall–Kier alpha value is -4.01. The van der Waals surface area contributed by atoms with Crippen molar-refractivity contribution in [3.63, 3.8) is 0 Å². The number of pyridine rings is 1. The number of aryl methyl sites for hydroxylation is 1. The molecule has 0 saturated heterocycles. The Morgan fingerprint density at radius 3 is 2.88 bits per heavy atom. The lowest BCUT2D eigenvalue weighted by molar-refractivity contribution is 0.0622. The Bertz CT molecular complexity index is 1290. The standard InChI is InChI=1S/C23H23N7O2/c1-2-19-20(27-13-26-19)23(32)30-12-15-6-4-3-5-14(15)9-16(30)10-25-22(31)17-7-8-24-21-18(17)11-28-29-21/h3-8,11,13,16H,2,9-10,12H2,1H3,(H,25,31)(H,26,27)(H,24,28,29). The van der Waals surface area contributed by atoms with Crippen LogP contribution in [-0.2, 0) is 19.4 Å². The molecule has 0 saturated carbocycles. The summed E-state index contributed by atoms with van der Waals surface area (Å²) in [6, 6.07) is 9.59. The van der Waals surface area contributed by atoms with Crippen molar-refractivity contribution in [2.75, 3.05) is 6.54 Å². The first-order valence-corrected chi connectivity index (χ1v) is 10.6. The number of hydrogen-bond donors (Lipinski definition) is 3. The minimum absolute atomic E-state index is 0.127. The molecular formula is C23H23N7O2. The van der Waals surface area contributed by atoms with Crippen molar-refractivity contribution >= 4 is 22.8 Å². The van der Waals surface area contributed by atoms with Crippen LogP contribution in [0.1, 0.15) is 44.6 Å². The largest absolute Gasteiger partial charge is 0.350 e. The molecular weight excluding hydrogens is 406 g/mol. The average Bonchev–Trinajstić information content (AvgIpc) is 3.50. The molecule has 162 valence electrons. The third kappa shape index (κ3) is 3.51. The highest BCUT2D eigenvalue weighted by molar-refractivity contribution is 6.05. The van der Waals surface area contributed by atoms with Crippen LogP contribution >= 0.6 is 0 Å². The van der Waals surface area contributed by atoms with Gasteiger partial charge in [-0.15, -0.1) is 0 Å². The number of aromatic nitrogens is 5. The second kappa shape index (κ2) is 8.26. The molecule has 0 fully saturated rings. The molecule has 4 heterocycles. The van der Waals surface area contributed by atoms with Gasteiger partial charge < -0.3 is 15.2 Å². The SMILES string of the molecule is CCc1[nH]cnc1C(=O)N1Cc2ccccc2CC1CNC(=O)c1ccnc2[nH]ncc12. The van der Waals surface area contributed by atoms with Gasteiger partial charge in [-0.2, -0.15) is 5.10 Å². The summed E-state index contributed by atoms with van der Waals surface area (Å²) in [5, 5.41) is 10.4. The molecule has 0 radical (unpaired) electrons. The molecule has 0 spiro atoms. The molecule has 1 atom stereocenters. The normalized spacial score (nSPS) is 15.5. The molecule has 3 aromatic heterocycles. The number of carbonyl (C=O) groups is 2. The van der Waals surface area contributed by atoms with E-state index in [4.69, 9.17) is 0 Å². The van der Waals surface area contributed by atoms with Crippen LogP contribution in [0.2, 0.25) is 0 Å². The first-order chi connectivity index (χ1) is 15.7. The van der Waals surface area contributed by atoms with E-state index in [9.17, 15) is 9.59 Å². The summed E-state index contributed by atoms with van der Waals surface area (Å²) in [6.07, 6.45) is 6.07. The summed E-state index contributed by atoms with van der Waals surface area (Å²) in [4.78, 5) is 39.7. The molecule has 9 heteroatoms. The van der Waals surface area contributed by atoms with Crippen molar-refractivity contribution in [1.82, 2.24) is 35.4 Å². The first kappa shape index (κ1) is 19.9. The van der Waals surface area contributed by atoms with Crippen LogP contribution in [0.3, 0.4) is 0 Å². The molecule has 0 bridgehead atoms. The molecule has 9 nitrogen and oxygen atoms in total. The van der Waals surface area contributed by atoms with Crippen molar-refractivity contribution < 1.29 is 9.59 Å². The number of aromatic amines is 2.